The fourth-order valence-corrected chi connectivity index (χ4v) is 1.93. The molecule has 1 amide bonds. The van der Waals surface area contributed by atoms with Crippen LogP contribution in [0.3, 0.4) is 0 Å². The maximum absolute atomic E-state index is 11.9. The Morgan fingerprint density at radius 1 is 1.09 bits per heavy atom. The van der Waals surface area contributed by atoms with Gasteiger partial charge in [0.05, 0.1) is 5.56 Å². The van der Waals surface area contributed by atoms with E-state index in [4.69, 9.17) is 4.42 Å². The van der Waals surface area contributed by atoms with Crippen molar-refractivity contribution in [3.8, 4) is 11.5 Å². The molecule has 2 aromatic heterocycles. The van der Waals surface area contributed by atoms with E-state index in [0.717, 1.165) is 11.3 Å². The van der Waals surface area contributed by atoms with Crippen LogP contribution in [-0.4, -0.2) is 21.1 Å². The highest BCUT2D eigenvalue weighted by Crippen LogP contribution is 2.16. The molecule has 3 aromatic rings. The number of para-hydroxylation sites is 1. The SMILES string of the molecule is O=C(CCc1nnc(-c2cccnc2)o1)Nc1ccccc1. The summed E-state index contributed by atoms with van der Waals surface area (Å²) in [5.74, 6) is 0.751. The number of carbonyl (C=O) groups excluding carboxylic acids is 1. The Bertz CT molecular complexity index is 741. The third kappa shape index (κ3) is 3.54. The lowest BCUT2D eigenvalue weighted by molar-refractivity contribution is -0.116. The summed E-state index contributed by atoms with van der Waals surface area (Å²) in [6, 6.07) is 12.9. The predicted octanol–water partition coefficient (Wildman–Crippen LogP) is 2.70. The summed E-state index contributed by atoms with van der Waals surface area (Å²) < 4.78 is 5.53. The molecule has 1 aromatic carbocycles. The third-order valence-corrected chi connectivity index (χ3v) is 3.00. The van der Waals surface area contributed by atoms with Gasteiger partial charge in [0.2, 0.25) is 17.7 Å². The van der Waals surface area contributed by atoms with Crippen molar-refractivity contribution in [2.24, 2.45) is 0 Å². The number of hydrogen-bond donors (Lipinski definition) is 1. The van der Waals surface area contributed by atoms with Gasteiger partial charge in [0.15, 0.2) is 0 Å². The van der Waals surface area contributed by atoms with Gasteiger partial charge in [-0.25, -0.2) is 0 Å². The number of aromatic nitrogens is 3. The molecule has 0 atom stereocenters. The van der Waals surface area contributed by atoms with Crippen LogP contribution < -0.4 is 5.32 Å². The minimum absolute atomic E-state index is 0.0904. The number of aryl methyl sites for hydroxylation is 1. The molecule has 0 aliphatic carbocycles. The molecule has 0 saturated carbocycles. The van der Waals surface area contributed by atoms with E-state index in [9.17, 15) is 4.79 Å². The number of pyridine rings is 1. The maximum atomic E-state index is 11.9. The average molecular weight is 294 g/mol. The number of carbonyl (C=O) groups is 1. The molecular formula is C16H14N4O2. The number of benzene rings is 1. The Labute approximate surface area is 127 Å². The van der Waals surface area contributed by atoms with Crippen molar-refractivity contribution in [1.82, 2.24) is 15.2 Å². The molecule has 0 unspecified atom stereocenters. The zero-order valence-corrected chi connectivity index (χ0v) is 11.8. The Hall–Kier alpha value is -3.02. The number of anilines is 1. The number of nitrogens with zero attached hydrogens (tertiary/aromatic N) is 3. The number of nitrogens with one attached hydrogen (secondary N) is 1. The summed E-state index contributed by atoms with van der Waals surface area (Å²) in [5, 5.41) is 10.7. The number of rotatable bonds is 5. The third-order valence-electron chi connectivity index (χ3n) is 3.00. The topological polar surface area (TPSA) is 80.9 Å². The Kier molecular flexibility index (Phi) is 4.20. The van der Waals surface area contributed by atoms with Gasteiger partial charge in [0.1, 0.15) is 0 Å². The second-order valence-electron chi connectivity index (χ2n) is 4.66. The molecule has 110 valence electrons. The fourth-order valence-electron chi connectivity index (χ4n) is 1.93. The largest absolute Gasteiger partial charge is 0.421 e. The quantitative estimate of drug-likeness (QED) is 0.782. The van der Waals surface area contributed by atoms with Crippen LogP contribution in [0.4, 0.5) is 5.69 Å². The molecule has 1 N–H and O–H groups in total. The van der Waals surface area contributed by atoms with Crippen LogP contribution in [0, 0.1) is 0 Å². The van der Waals surface area contributed by atoms with Crippen LogP contribution in [0.1, 0.15) is 12.3 Å². The summed E-state index contributed by atoms with van der Waals surface area (Å²) in [5.41, 5.74) is 1.53. The van der Waals surface area contributed by atoms with Gasteiger partial charge in [0.25, 0.3) is 0 Å². The first-order valence-corrected chi connectivity index (χ1v) is 6.89. The van der Waals surface area contributed by atoms with Crippen LogP contribution in [0.2, 0.25) is 0 Å². The molecule has 6 nitrogen and oxygen atoms in total. The molecule has 0 aliphatic rings. The highest BCUT2D eigenvalue weighted by molar-refractivity contribution is 5.90. The van der Waals surface area contributed by atoms with E-state index in [1.165, 1.54) is 0 Å². The molecule has 0 spiro atoms. The monoisotopic (exact) mass is 294 g/mol. The summed E-state index contributed by atoms with van der Waals surface area (Å²) in [6.45, 7) is 0. The van der Waals surface area contributed by atoms with Gasteiger partial charge in [-0.3, -0.25) is 9.78 Å². The molecule has 2 heterocycles. The zero-order valence-electron chi connectivity index (χ0n) is 11.8. The Morgan fingerprint density at radius 2 is 1.95 bits per heavy atom. The van der Waals surface area contributed by atoms with Crippen LogP contribution in [-0.2, 0) is 11.2 Å². The van der Waals surface area contributed by atoms with E-state index < -0.39 is 0 Å². The molecule has 0 bridgehead atoms. The van der Waals surface area contributed by atoms with E-state index in [1.807, 2.05) is 36.4 Å². The van der Waals surface area contributed by atoms with Gasteiger partial charge in [-0.2, -0.15) is 0 Å². The lowest BCUT2D eigenvalue weighted by atomic mass is 10.2. The van der Waals surface area contributed by atoms with Crippen molar-refractivity contribution in [1.29, 1.82) is 0 Å². The molecule has 0 saturated heterocycles. The average Bonchev–Trinajstić information content (AvgIpc) is 3.04. The van der Waals surface area contributed by atoms with Gasteiger partial charge in [0, 0.05) is 30.9 Å². The number of hydrogen-bond acceptors (Lipinski definition) is 5. The summed E-state index contributed by atoms with van der Waals surface area (Å²) in [6.07, 6.45) is 4.00. The molecule has 0 radical (unpaired) electrons. The Balaban J connectivity index is 1.56. The minimum Gasteiger partial charge on any atom is -0.421 e. The summed E-state index contributed by atoms with van der Waals surface area (Å²) >= 11 is 0. The summed E-state index contributed by atoms with van der Waals surface area (Å²) in [7, 11) is 0. The van der Waals surface area contributed by atoms with Crippen LogP contribution in [0.15, 0.2) is 59.3 Å². The summed E-state index contributed by atoms with van der Waals surface area (Å²) in [4.78, 5) is 15.9. The molecule has 0 fully saturated rings. The number of amides is 1. The van der Waals surface area contributed by atoms with Gasteiger partial charge >= 0.3 is 0 Å². The van der Waals surface area contributed by atoms with Gasteiger partial charge in [-0.15, -0.1) is 10.2 Å². The van der Waals surface area contributed by atoms with Crippen molar-refractivity contribution >= 4 is 11.6 Å². The first kappa shape index (κ1) is 13.9. The van der Waals surface area contributed by atoms with Crippen molar-refractivity contribution in [2.45, 2.75) is 12.8 Å². The fraction of sp³-hybridized carbons (Fsp3) is 0.125. The van der Waals surface area contributed by atoms with E-state index in [2.05, 4.69) is 20.5 Å². The van der Waals surface area contributed by atoms with Crippen molar-refractivity contribution in [3.05, 3.63) is 60.7 Å². The van der Waals surface area contributed by atoms with Gasteiger partial charge in [-0.1, -0.05) is 18.2 Å². The lowest BCUT2D eigenvalue weighted by Crippen LogP contribution is -2.12. The predicted molar refractivity (Wildman–Crippen MR) is 80.9 cm³/mol. The normalized spacial score (nSPS) is 10.4. The van der Waals surface area contributed by atoms with Crippen LogP contribution in [0.5, 0.6) is 0 Å². The van der Waals surface area contributed by atoms with Gasteiger partial charge in [-0.05, 0) is 24.3 Å². The Morgan fingerprint density at radius 3 is 2.73 bits per heavy atom. The highest BCUT2D eigenvalue weighted by atomic mass is 16.4. The van der Waals surface area contributed by atoms with Crippen LogP contribution >= 0.6 is 0 Å². The first-order valence-electron chi connectivity index (χ1n) is 6.89. The molecular weight excluding hydrogens is 280 g/mol. The standard InChI is InChI=1S/C16H14N4O2/c21-14(18-13-6-2-1-3-7-13)8-9-15-19-20-16(22-15)12-5-4-10-17-11-12/h1-7,10-11H,8-9H2,(H,18,21). The molecule has 3 rings (SSSR count). The maximum Gasteiger partial charge on any atom is 0.249 e. The van der Waals surface area contributed by atoms with E-state index in [1.54, 1.807) is 18.5 Å². The van der Waals surface area contributed by atoms with E-state index in [-0.39, 0.29) is 12.3 Å². The van der Waals surface area contributed by atoms with Crippen molar-refractivity contribution in [2.75, 3.05) is 5.32 Å². The minimum atomic E-state index is -0.0904. The second-order valence-corrected chi connectivity index (χ2v) is 4.66. The van der Waals surface area contributed by atoms with Crippen LogP contribution in [0.25, 0.3) is 11.5 Å². The highest BCUT2D eigenvalue weighted by Gasteiger charge is 2.10. The zero-order chi connectivity index (χ0) is 15.2. The molecule has 22 heavy (non-hydrogen) atoms. The van der Waals surface area contributed by atoms with E-state index in [0.29, 0.717) is 18.2 Å². The second kappa shape index (κ2) is 6.62. The first-order chi connectivity index (χ1) is 10.8. The van der Waals surface area contributed by atoms with Gasteiger partial charge < -0.3 is 9.73 Å². The van der Waals surface area contributed by atoms with Crippen molar-refractivity contribution < 1.29 is 9.21 Å². The van der Waals surface area contributed by atoms with E-state index >= 15 is 0 Å². The smallest absolute Gasteiger partial charge is 0.249 e. The molecule has 6 heteroatoms. The van der Waals surface area contributed by atoms with Crippen molar-refractivity contribution in [3.63, 3.8) is 0 Å². The molecule has 0 aliphatic heterocycles. The lowest BCUT2D eigenvalue weighted by Gasteiger charge is -2.03.